The van der Waals surface area contributed by atoms with Crippen LogP contribution in [0.4, 0.5) is 5.82 Å². The summed E-state index contributed by atoms with van der Waals surface area (Å²) in [5.74, 6) is 1.86. The Kier molecular flexibility index (Phi) is 5.80. The number of hydrogen-bond donors (Lipinski definition) is 1. The Morgan fingerprint density at radius 1 is 1.40 bits per heavy atom. The van der Waals surface area contributed by atoms with Crippen LogP contribution in [0.5, 0.6) is 0 Å². The van der Waals surface area contributed by atoms with Gasteiger partial charge in [0.1, 0.15) is 5.82 Å². The second-order valence-corrected chi connectivity index (χ2v) is 5.63. The predicted molar refractivity (Wildman–Crippen MR) is 83.2 cm³/mol. The Labute approximate surface area is 122 Å². The summed E-state index contributed by atoms with van der Waals surface area (Å²) in [6, 6.07) is 4.27. The molecule has 1 aliphatic rings. The minimum absolute atomic E-state index is 0.785. The van der Waals surface area contributed by atoms with Gasteiger partial charge in [0.2, 0.25) is 0 Å². The van der Waals surface area contributed by atoms with E-state index >= 15 is 0 Å². The summed E-state index contributed by atoms with van der Waals surface area (Å²) in [5.41, 5.74) is 2.38. The second kappa shape index (κ2) is 7.60. The molecule has 1 aliphatic carbocycles. The van der Waals surface area contributed by atoms with Gasteiger partial charge >= 0.3 is 0 Å². The molecule has 1 aromatic heterocycles. The SMILES string of the molecule is CCNCc1ccc(N(C)CCOCC2CC2)nc1C. The molecule has 1 saturated carbocycles. The van der Waals surface area contributed by atoms with Gasteiger partial charge in [0.25, 0.3) is 0 Å². The maximum absolute atomic E-state index is 5.68. The fourth-order valence-corrected chi connectivity index (χ4v) is 2.09. The van der Waals surface area contributed by atoms with Crippen molar-refractivity contribution in [2.75, 3.05) is 38.3 Å². The molecule has 0 unspecified atom stereocenters. The van der Waals surface area contributed by atoms with Crippen molar-refractivity contribution in [1.82, 2.24) is 10.3 Å². The molecule has 112 valence electrons. The third-order valence-corrected chi connectivity index (χ3v) is 3.76. The number of likely N-dealkylation sites (N-methyl/N-ethyl adjacent to an activating group) is 1. The van der Waals surface area contributed by atoms with Crippen molar-refractivity contribution < 1.29 is 4.74 Å². The third kappa shape index (κ3) is 4.76. The molecule has 1 N–H and O–H groups in total. The van der Waals surface area contributed by atoms with Crippen LogP contribution in [0.2, 0.25) is 0 Å². The summed E-state index contributed by atoms with van der Waals surface area (Å²) in [6.45, 7) is 8.68. The van der Waals surface area contributed by atoms with Crippen molar-refractivity contribution in [1.29, 1.82) is 0 Å². The summed E-state index contributed by atoms with van der Waals surface area (Å²) in [5, 5.41) is 3.34. The fourth-order valence-electron chi connectivity index (χ4n) is 2.09. The summed E-state index contributed by atoms with van der Waals surface area (Å²) < 4.78 is 5.68. The zero-order valence-corrected chi connectivity index (χ0v) is 13.0. The standard InChI is InChI=1S/C16H27N3O/c1-4-17-11-15-7-8-16(18-13(15)2)19(3)9-10-20-12-14-5-6-14/h7-8,14,17H,4-6,9-12H2,1-3H3. The molecule has 1 aromatic rings. The average Bonchev–Trinajstić information content (AvgIpc) is 3.26. The maximum atomic E-state index is 5.68. The molecule has 0 atom stereocenters. The van der Waals surface area contributed by atoms with Gasteiger partial charge in [-0.15, -0.1) is 0 Å². The highest BCUT2D eigenvalue weighted by Crippen LogP contribution is 2.28. The smallest absolute Gasteiger partial charge is 0.128 e. The number of anilines is 1. The number of rotatable bonds is 9. The number of aromatic nitrogens is 1. The van der Waals surface area contributed by atoms with E-state index in [9.17, 15) is 0 Å². The normalized spacial score (nSPS) is 14.6. The lowest BCUT2D eigenvalue weighted by molar-refractivity contribution is 0.131. The van der Waals surface area contributed by atoms with Crippen LogP contribution in [0.15, 0.2) is 12.1 Å². The van der Waals surface area contributed by atoms with Crippen molar-refractivity contribution in [2.24, 2.45) is 5.92 Å². The summed E-state index contributed by atoms with van der Waals surface area (Å²) in [4.78, 5) is 6.85. The zero-order chi connectivity index (χ0) is 14.4. The van der Waals surface area contributed by atoms with Crippen molar-refractivity contribution in [3.8, 4) is 0 Å². The molecule has 0 radical (unpaired) electrons. The van der Waals surface area contributed by atoms with E-state index < -0.39 is 0 Å². The van der Waals surface area contributed by atoms with Crippen LogP contribution >= 0.6 is 0 Å². The van der Waals surface area contributed by atoms with Crippen LogP contribution in [0.1, 0.15) is 31.0 Å². The van der Waals surface area contributed by atoms with Gasteiger partial charge in [-0.1, -0.05) is 13.0 Å². The molecule has 0 bridgehead atoms. The average molecular weight is 277 g/mol. The number of aryl methyl sites for hydroxylation is 1. The van der Waals surface area contributed by atoms with Gasteiger partial charge in [-0.2, -0.15) is 0 Å². The van der Waals surface area contributed by atoms with E-state index in [0.29, 0.717) is 0 Å². The number of ether oxygens (including phenoxy) is 1. The molecule has 1 fully saturated rings. The van der Waals surface area contributed by atoms with Gasteiger partial charge in [0.05, 0.1) is 6.61 Å². The van der Waals surface area contributed by atoms with Crippen LogP contribution in [0.3, 0.4) is 0 Å². The molecule has 2 rings (SSSR count). The monoisotopic (exact) mass is 277 g/mol. The summed E-state index contributed by atoms with van der Waals surface area (Å²) in [6.07, 6.45) is 2.70. The number of nitrogens with one attached hydrogen (secondary N) is 1. The topological polar surface area (TPSA) is 37.4 Å². The van der Waals surface area contributed by atoms with E-state index in [1.165, 1.54) is 18.4 Å². The first-order valence-corrected chi connectivity index (χ1v) is 7.66. The predicted octanol–water partition coefficient (Wildman–Crippen LogP) is 2.36. The minimum Gasteiger partial charge on any atom is -0.379 e. The van der Waals surface area contributed by atoms with Gasteiger partial charge in [-0.3, -0.25) is 0 Å². The lowest BCUT2D eigenvalue weighted by Gasteiger charge is -2.19. The van der Waals surface area contributed by atoms with Crippen molar-refractivity contribution in [2.45, 2.75) is 33.2 Å². The first kappa shape index (κ1) is 15.3. The Morgan fingerprint density at radius 3 is 2.85 bits per heavy atom. The lowest BCUT2D eigenvalue weighted by Crippen LogP contribution is -2.24. The summed E-state index contributed by atoms with van der Waals surface area (Å²) >= 11 is 0. The van der Waals surface area contributed by atoms with Gasteiger partial charge in [0.15, 0.2) is 0 Å². The van der Waals surface area contributed by atoms with Crippen LogP contribution in [-0.4, -0.2) is 38.3 Å². The number of hydrogen-bond acceptors (Lipinski definition) is 4. The molecule has 0 saturated heterocycles. The van der Waals surface area contributed by atoms with E-state index in [1.54, 1.807) is 0 Å². The molecule has 0 aliphatic heterocycles. The molecule has 0 amide bonds. The Hall–Kier alpha value is -1.13. The van der Waals surface area contributed by atoms with Gasteiger partial charge in [-0.25, -0.2) is 4.98 Å². The third-order valence-electron chi connectivity index (χ3n) is 3.76. The van der Waals surface area contributed by atoms with Crippen molar-refractivity contribution in [3.63, 3.8) is 0 Å². The number of pyridine rings is 1. The molecule has 1 heterocycles. The van der Waals surface area contributed by atoms with E-state index in [-0.39, 0.29) is 0 Å². The Morgan fingerprint density at radius 2 is 2.20 bits per heavy atom. The highest BCUT2D eigenvalue weighted by atomic mass is 16.5. The lowest BCUT2D eigenvalue weighted by atomic mass is 10.2. The molecular weight excluding hydrogens is 250 g/mol. The van der Waals surface area contributed by atoms with Crippen LogP contribution in [0, 0.1) is 12.8 Å². The van der Waals surface area contributed by atoms with Crippen molar-refractivity contribution >= 4 is 5.82 Å². The van der Waals surface area contributed by atoms with E-state index in [0.717, 1.165) is 50.3 Å². The van der Waals surface area contributed by atoms with Gasteiger partial charge < -0.3 is 15.0 Å². The molecular formula is C16H27N3O. The van der Waals surface area contributed by atoms with E-state index in [1.807, 2.05) is 0 Å². The quantitative estimate of drug-likeness (QED) is 0.703. The fraction of sp³-hybridized carbons (Fsp3) is 0.688. The van der Waals surface area contributed by atoms with Crippen LogP contribution in [0.25, 0.3) is 0 Å². The molecule has 0 aromatic carbocycles. The van der Waals surface area contributed by atoms with Gasteiger partial charge in [-0.05, 0) is 43.9 Å². The molecule has 4 heteroatoms. The Balaban J connectivity index is 1.78. The minimum atomic E-state index is 0.785. The zero-order valence-electron chi connectivity index (χ0n) is 13.0. The highest BCUT2D eigenvalue weighted by molar-refractivity contribution is 5.40. The van der Waals surface area contributed by atoms with E-state index in [4.69, 9.17) is 4.74 Å². The largest absolute Gasteiger partial charge is 0.379 e. The molecule has 0 spiro atoms. The molecule has 20 heavy (non-hydrogen) atoms. The summed E-state index contributed by atoms with van der Waals surface area (Å²) in [7, 11) is 2.08. The first-order valence-electron chi connectivity index (χ1n) is 7.66. The van der Waals surface area contributed by atoms with Gasteiger partial charge in [0, 0.05) is 32.4 Å². The van der Waals surface area contributed by atoms with E-state index in [2.05, 4.69) is 48.2 Å². The first-order chi connectivity index (χ1) is 9.70. The maximum Gasteiger partial charge on any atom is 0.128 e. The molecule has 4 nitrogen and oxygen atoms in total. The van der Waals surface area contributed by atoms with Crippen LogP contribution < -0.4 is 10.2 Å². The number of nitrogens with zero attached hydrogens (tertiary/aromatic N) is 2. The highest BCUT2D eigenvalue weighted by Gasteiger charge is 2.21. The van der Waals surface area contributed by atoms with Crippen LogP contribution in [-0.2, 0) is 11.3 Å². The Bertz CT molecular complexity index is 418. The van der Waals surface area contributed by atoms with Crippen molar-refractivity contribution in [3.05, 3.63) is 23.4 Å². The second-order valence-electron chi connectivity index (χ2n) is 5.63.